The molecule has 0 radical (unpaired) electrons. The summed E-state index contributed by atoms with van der Waals surface area (Å²) in [5, 5.41) is 1.01. The number of aryl methyl sites for hydroxylation is 2. The highest BCUT2D eigenvalue weighted by Gasteiger charge is 2.22. The van der Waals surface area contributed by atoms with Crippen molar-refractivity contribution in [3.8, 4) is 0 Å². The monoisotopic (exact) mass is 363 g/mol. The van der Waals surface area contributed by atoms with Gasteiger partial charge in [-0.25, -0.2) is 0 Å². The van der Waals surface area contributed by atoms with Crippen molar-refractivity contribution < 1.29 is 4.79 Å². The summed E-state index contributed by atoms with van der Waals surface area (Å²) in [5.41, 5.74) is 3.97. The van der Waals surface area contributed by atoms with Gasteiger partial charge in [0.2, 0.25) is 5.91 Å². The predicted octanol–water partition coefficient (Wildman–Crippen LogP) is 3.12. The van der Waals surface area contributed by atoms with E-state index in [1.54, 1.807) is 23.6 Å². The van der Waals surface area contributed by atoms with Gasteiger partial charge in [0.15, 0.2) is 0 Å². The highest BCUT2D eigenvalue weighted by Crippen LogP contribution is 2.30. The molecule has 5 nitrogen and oxygen atoms in total. The molecule has 0 atom stereocenters. The van der Waals surface area contributed by atoms with Gasteiger partial charge in [-0.2, -0.15) is 0 Å². The maximum Gasteiger partial charge on any atom is 0.256 e. The topological polar surface area (TPSA) is 45.6 Å². The second-order valence-corrected chi connectivity index (χ2v) is 7.02. The van der Waals surface area contributed by atoms with E-state index in [2.05, 4.69) is 0 Å². The molecule has 0 spiro atoms. The van der Waals surface area contributed by atoms with E-state index >= 15 is 0 Å². The molecule has 0 bridgehead atoms. The first kappa shape index (κ1) is 18.7. The number of anilines is 2. The molecular formula is C22H25N3O2. The van der Waals surface area contributed by atoms with E-state index in [1.165, 1.54) is 0 Å². The summed E-state index contributed by atoms with van der Waals surface area (Å²) >= 11 is 0. The standard InChI is InChI=1S/C22H25N3O2/c1-15-10-9-13-18-20(15)21(23(2)3)17(22(27)25(18)5)14-19(26)24(4)16-11-7-6-8-12-16/h6-13H,14H2,1-5H3. The summed E-state index contributed by atoms with van der Waals surface area (Å²) < 4.78 is 1.64. The van der Waals surface area contributed by atoms with Gasteiger partial charge in [0.05, 0.1) is 23.2 Å². The molecule has 0 N–H and O–H groups in total. The zero-order valence-corrected chi connectivity index (χ0v) is 16.5. The Balaban J connectivity index is 2.15. The van der Waals surface area contributed by atoms with E-state index in [0.29, 0.717) is 5.56 Å². The largest absolute Gasteiger partial charge is 0.377 e. The lowest BCUT2D eigenvalue weighted by atomic mass is 10.0. The minimum absolute atomic E-state index is 0.0514. The number of carbonyl (C=O) groups is 1. The number of pyridine rings is 1. The minimum Gasteiger partial charge on any atom is -0.377 e. The highest BCUT2D eigenvalue weighted by molar-refractivity contribution is 6.00. The Kier molecular flexibility index (Phi) is 5.04. The van der Waals surface area contributed by atoms with E-state index in [4.69, 9.17) is 0 Å². The van der Waals surface area contributed by atoms with Gasteiger partial charge in [-0.05, 0) is 30.7 Å². The van der Waals surface area contributed by atoms with Crippen LogP contribution in [0.3, 0.4) is 0 Å². The number of likely N-dealkylation sites (N-methyl/N-ethyl adjacent to an activating group) is 1. The summed E-state index contributed by atoms with van der Waals surface area (Å²) in [5.74, 6) is -0.116. The van der Waals surface area contributed by atoms with Crippen LogP contribution < -0.4 is 15.4 Å². The number of benzene rings is 2. The summed E-state index contributed by atoms with van der Waals surface area (Å²) in [6.07, 6.45) is 0.0514. The Morgan fingerprint density at radius 2 is 1.67 bits per heavy atom. The maximum atomic E-state index is 13.1. The number of hydrogen-bond acceptors (Lipinski definition) is 3. The molecule has 0 aliphatic rings. The van der Waals surface area contributed by atoms with Crippen molar-refractivity contribution in [2.24, 2.45) is 7.05 Å². The summed E-state index contributed by atoms with van der Waals surface area (Å²) in [6, 6.07) is 15.4. The van der Waals surface area contributed by atoms with Crippen molar-refractivity contribution in [1.82, 2.24) is 4.57 Å². The van der Waals surface area contributed by atoms with Gasteiger partial charge >= 0.3 is 0 Å². The molecule has 3 aromatic rings. The lowest BCUT2D eigenvalue weighted by Gasteiger charge is -2.24. The van der Waals surface area contributed by atoms with Crippen LogP contribution in [0.2, 0.25) is 0 Å². The van der Waals surface area contributed by atoms with E-state index in [9.17, 15) is 9.59 Å². The van der Waals surface area contributed by atoms with E-state index in [-0.39, 0.29) is 17.9 Å². The summed E-state index contributed by atoms with van der Waals surface area (Å²) in [6.45, 7) is 2.03. The van der Waals surface area contributed by atoms with Crippen LogP contribution >= 0.6 is 0 Å². The minimum atomic E-state index is -0.133. The molecule has 0 aliphatic heterocycles. The number of aromatic nitrogens is 1. The number of nitrogens with zero attached hydrogens (tertiary/aromatic N) is 3. The quantitative estimate of drug-likeness (QED) is 0.715. The number of para-hydroxylation sites is 1. The van der Waals surface area contributed by atoms with E-state index < -0.39 is 0 Å². The second kappa shape index (κ2) is 7.27. The zero-order chi connectivity index (χ0) is 19.7. The van der Waals surface area contributed by atoms with Gasteiger partial charge in [0.1, 0.15) is 0 Å². The molecule has 2 aromatic carbocycles. The van der Waals surface area contributed by atoms with Crippen molar-refractivity contribution in [3.63, 3.8) is 0 Å². The molecule has 0 saturated carbocycles. The third-order valence-corrected chi connectivity index (χ3v) is 4.99. The van der Waals surface area contributed by atoms with Crippen LogP contribution in [0, 0.1) is 6.92 Å². The molecule has 0 aliphatic carbocycles. The number of carbonyl (C=O) groups excluding carboxylic acids is 1. The Morgan fingerprint density at radius 1 is 1.00 bits per heavy atom. The van der Waals surface area contributed by atoms with Gasteiger partial charge in [-0.3, -0.25) is 9.59 Å². The number of hydrogen-bond donors (Lipinski definition) is 0. The average Bonchev–Trinajstić information content (AvgIpc) is 2.66. The summed E-state index contributed by atoms with van der Waals surface area (Å²) in [7, 11) is 7.33. The molecule has 1 heterocycles. The van der Waals surface area contributed by atoms with Crippen molar-refractivity contribution in [3.05, 3.63) is 70.0 Å². The fourth-order valence-corrected chi connectivity index (χ4v) is 3.52. The van der Waals surface area contributed by atoms with Gasteiger partial charge in [0, 0.05) is 39.3 Å². The highest BCUT2D eigenvalue weighted by atomic mass is 16.2. The molecule has 0 fully saturated rings. The van der Waals surface area contributed by atoms with Crippen molar-refractivity contribution in [2.45, 2.75) is 13.3 Å². The molecule has 140 valence electrons. The molecule has 3 rings (SSSR count). The van der Waals surface area contributed by atoms with Gasteiger partial charge in [-0.1, -0.05) is 30.3 Å². The SMILES string of the molecule is Cc1cccc2c1c(N(C)C)c(CC(=O)N(C)c1ccccc1)c(=O)n2C. The van der Waals surface area contributed by atoms with Crippen LogP contribution in [0.1, 0.15) is 11.1 Å². The molecule has 27 heavy (non-hydrogen) atoms. The smallest absolute Gasteiger partial charge is 0.256 e. The van der Waals surface area contributed by atoms with E-state index in [1.807, 2.05) is 74.4 Å². The Labute approximate surface area is 159 Å². The van der Waals surface area contributed by atoms with Crippen LogP contribution in [0.5, 0.6) is 0 Å². The fourth-order valence-electron chi connectivity index (χ4n) is 3.52. The molecule has 5 heteroatoms. The summed E-state index contributed by atoms with van der Waals surface area (Å²) in [4.78, 5) is 29.5. The first-order valence-electron chi connectivity index (χ1n) is 8.93. The Morgan fingerprint density at radius 3 is 2.30 bits per heavy atom. The zero-order valence-electron chi connectivity index (χ0n) is 16.5. The Bertz CT molecular complexity index is 1050. The van der Waals surface area contributed by atoms with Gasteiger partial charge in [0.25, 0.3) is 5.56 Å². The van der Waals surface area contributed by atoms with Gasteiger partial charge in [-0.15, -0.1) is 0 Å². The number of amides is 1. The number of rotatable bonds is 4. The molecule has 1 aromatic heterocycles. The van der Waals surface area contributed by atoms with Crippen LogP contribution in [-0.4, -0.2) is 31.6 Å². The lowest BCUT2D eigenvalue weighted by molar-refractivity contribution is -0.117. The van der Waals surface area contributed by atoms with Crippen molar-refractivity contribution in [2.75, 3.05) is 30.9 Å². The van der Waals surface area contributed by atoms with Crippen LogP contribution in [0.4, 0.5) is 11.4 Å². The predicted molar refractivity (Wildman–Crippen MR) is 112 cm³/mol. The normalized spacial score (nSPS) is 10.9. The van der Waals surface area contributed by atoms with Crippen LogP contribution in [0.15, 0.2) is 53.3 Å². The molecule has 0 saturated heterocycles. The Hall–Kier alpha value is -3.08. The molecular weight excluding hydrogens is 338 g/mol. The first-order chi connectivity index (χ1) is 12.8. The third-order valence-electron chi connectivity index (χ3n) is 4.99. The third kappa shape index (κ3) is 3.33. The van der Waals surface area contributed by atoms with Gasteiger partial charge < -0.3 is 14.4 Å². The second-order valence-electron chi connectivity index (χ2n) is 7.02. The first-order valence-corrected chi connectivity index (χ1v) is 8.93. The maximum absolute atomic E-state index is 13.1. The average molecular weight is 363 g/mol. The van der Waals surface area contributed by atoms with E-state index in [0.717, 1.165) is 27.8 Å². The lowest BCUT2D eigenvalue weighted by Crippen LogP contribution is -2.33. The van der Waals surface area contributed by atoms with Crippen molar-refractivity contribution in [1.29, 1.82) is 0 Å². The van der Waals surface area contributed by atoms with Crippen molar-refractivity contribution >= 4 is 28.2 Å². The fraction of sp³-hybridized carbons (Fsp3) is 0.273. The molecule has 0 unspecified atom stereocenters. The number of fused-ring (bicyclic) bond motifs is 1. The van der Waals surface area contributed by atoms with Crippen LogP contribution in [0.25, 0.3) is 10.9 Å². The molecule has 1 amide bonds. The van der Waals surface area contributed by atoms with Crippen LogP contribution in [-0.2, 0) is 18.3 Å².